The van der Waals surface area contributed by atoms with Crippen molar-refractivity contribution in [1.82, 2.24) is 4.98 Å². The van der Waals surface area contributed by atoms with Crippen molar-refractivity contribution in [2.75, 3.05) is 6.54 Å². The number of aliphatic hydroxyl groups is 1. The number of aliphatic hydroxyl groups excluding tert-OH is 1. The number of pyridine rings is 1. The molecule has 0 fully saturated rings. The molecule has 0 aliphatic carbocycles. The Labute approximate surface area is 119 Å². The molecule has 0 saturated carbocycles. The molecule has 1 aromatic heterocycles. The first-order chi connectivity index (χ1) is 10.1. The first kappa shape index (κ1) is 13.5. The molecular formula is C14H14N4O3. The lowest BCUT2D eigenvalue weighted by Crippen LogP contribution is -2.32. The molecule has 0 amide bonds. The van der Waals surface area contributed by atoms with E-state index in [1.807, 2.05) is 13.0 Å². The van der Waals surface area contributed by atoms with Gasteiger partial charge in [-0.05, 0) is 29.6 Å². The van der Waals surface area contributed by atoms with Crippen molar-refractivity contribution in [3.63, 3.8) is 0 Å². The number of fused-ring (bicyclic) bond motifs is 3. The van der Waals surface area contributed by atoms with Gasteiger partial charge in [0, 0.05) is 22.8 Å². The number of benzene rings is 1. The van der Waals surface area contributed by atoms with E-state index in [9.17, 15) is 9.90 Å². The maximum absolute atomic E-state index is 11.4. The number of aromatic amines is 1. The molecule has 21 heavy (non-hydrogen) atoms. The van der Waals surface area contributed by atoms with Crippen LogP contribution in [0.25, 0.3) is 21.3 Å². The van der Waals surface area contributed by atoms with Crippen LogP contribution in [0.5, 0.6) is 5.75 Å². The Morgan fingerprint density at radius 2 is 2.43 bits per heavy atom. The summed E-state index contributed by atoms with van der Waals surface area (Å²) in [5.41, 5.74) is 10.8. The summed E-state index contributed by atoms with van der Waals surface area (Å²) in [6.07, 6.45) is -0.748. The van der Waals surface area contributed by atoms with Gasteiger partial charge in [0.15, 0.2) is 0 Å². The quantitative estimate of drug-likeness (QED) is 0.509. The lowest BCUT2D eigenvalue weighted by atomic mass is 10.0. The van der Waals surface area contributed by atoms with Crippen molar-refractivity contribution in [2.45, 2.75) is 25.6 Å². The van der Waals surface area contributed by atoms with Crippen LogP contribution < -0.4 is 10.3 Å². The number of H-pyrrole nitrogens is 1. The minimum atomic E-state index is -0.855. The summed E-state index contributed by atoms with van der Waals surface area (Å²) in [5, 5.41) is 14.2. The number of nitrogens with zero attached hydrogens (tertiary/aromatic N) is 3. The van der Waals surface area contributed by atoms with Crippen LogP contribution in [0.3, 0.4) is 0 Å². The molecule has 0 spiro atoms. The number of aromatic nitrogens is 1. The SMILES string of the molecule is Cc1cc2c(c3ccc(=O)[nH]c13)OC(C(O)CN=[N+]=[N-])C2. The molecule has 7 heteroatoms. The van der Waals surface area contributed by atoms with Gasteiger partial charge in [-0.25, -0.2) is 0 Å². The van der Waals surface area contributed by atoms with Crippen LogP contribution >= 0.6 is 0 Å². The number of rotatable bonds is 3. The standard InChI is InChI=1S/C14H14N4O3/c1-7-4-8-5-11(10(19)6-16-18-15)21-14(8)9-2-3-12(20)17-13(7)9/h2-4,10-11,19H,5-6H2,1H3,(H,17,20). The topological polar surface area (TPSA) is 111 Å². The summed E-state index contributed by atoms with van der Waals surface area (Å²) in [6.45, 7) is 1.89. The molecule has 2 atom stereocenters. The van der Waals surface area contributed by atoms with Gasteiger partial charge < -0.3 is 14.8 Å². The summed E-state index contributed by atoms with van der Waals surface area (Å²) in [5.74, 6) is 0.678. The number of hydrogen-bond acceptors (Lipinski definition) is 4. The maximum atomic E-state index is 11.4. The van der Waals surface area contributed by atoms with Crippen LogP contribution in [0, 0.1) is 6.92 Å². The van der Waals surface area contributed by atoms with Crippen molar-refractivity contribution in [3.8, 4) is 5.75 Å². The summed E-state index contributed by atoms with van der Waals surface area (Å²) in [4.78, 5) is 16.9. The largest absolute Gasteiger partial charge is 0.486 e. The third-order valence-electron chi connectivity index (χ3n) is 3.69. The van der Waals surface area contributed by atoms with Gasteiger partial charge in [0.2, 0.25) is 5.56 Å². The summed E-state index contributed by atoms with van der Waals surface area (Å²) < 4.78 is 5.82. The van der Waals surface area contributed by atoms with Crippen LogP contribution in [0.15, 0.2) is 28.1 Å². The molecule has 0 bridgehead atoms. The highest BCUT2D eigenvalue weighted by molar-refractivity contribution is 5.89. The highest BCUT2D eigenvalue weighted by atomic mass is 16.5. The Balaban J connectivity index is 2.01. The van der Waals surface area contributed by atoms with Crippen LogP contribution in [0.2, 0.25) is 0 Å². The van der Waals surface area contributed by atoms with E-state index in [4.69, 9.17) is 10.3 Å². The van der Waals surface area contributed by atoms with Gasteiger partial charge in [-0.1, -0.05) is 11.2 Å². The van der Waals surface area contributed by atoms with Crippen LogP contribution in [0.4, 0.5) is 0 Å². The van der Waals surface area contributed by atoms with Crippen molar-refractivity contribution in [2.24, 2.45) is 5.11 Å². The molecule has 108 valence electrons. The Hall–Kier alpha value is -2.50. The van der Waals surface area contributed by atoms with Gasteiger partial charge in [0.1, 0.15) is 11.9 Å². The summed E-state index contributed by atoms with van der Waals surface area (Å²) in [7, 11) is 0. The molecule has 2 aromatic rings. The highest BCUT2D eigenvalue weighted by Gasteiger charge is 2.30. The van der Waals surface area contributed by atoms with Crippen LogP contribution in [0.1, 0.15) is 11.1 Å². The fourth-order valence-corrected chi connectivity index (χ4v) is 2.70. The molecule has 2 unspecified atom stereocenters. The molecule has 0 radical (unpaired) electrons. The van der Waals surface area contributed by atoms with Gasteiger partial charge in [-0.3, -0.25) is 4.79 Å². The molecule has 2 N–H and O–H groups in total. The molecular weight excluding hydrogens is 272 g/mol. The van der Waals surface area contributed by atoms with E-state index in [1.54, 1.807) is 6.07 Å². The van der Waals surface area contributed by atoms with Gasteiger partial charge in [0.05, 0.1) is 18.2 Å². The van der Waals surface area contributed by atoms with Crippen molar-refractivity contribution in [1.29, 1.82) is 0 Å². The predicted molar refractivity (Wildman–Crippen MR) is 77.4 cm³/mol. The van der Waals surface area contributed by atoms with E-state index in [0.717, 1.165) is 22.0 Å². The highest BCUT2D eigenvalue weighted by Crippen LogP contribution is 2.37. The Morgan fingerprint density at radius 1 is 1.62 bits per heavy atom. The van der Waals surface area contributed by atoms with Crippen molar-refractivity contribution in [3.05, 3.63) is 50.1 Å². The molecule has 0 saturated heterocycles. The Bertz CT molecular complexity index is 808. The zero-order valence-corrected chi connectivity index (χ0v) is 11.4. The normalized spacial score (nSPS) is 17.9. The van der Waals surface area contributed by atoms with Gasteiger partial charge in [-0.15, -0.1) is 0 Å². The third-order valence-corrected chi connectivity index (χ3v) is 3.69. The summed E-state index contributed by atoms with van der Waals surface area (Å²) in [6, 6.07) is 5.13. The van der Waals surface area contributed by atoms with E-state index in [-0.39, 0.29) is 12.1 Å². The van der Waals surface area contributed by atoms with E-state index in [0.29, 0.717) is 12.2 Å². The smallest absolute Gasteiger partial charge is 0.248 e. The molecule has 1 aliphatic rings. The minimum absolute atomic E-state index is 0.0249. The minimum Gasteiger partial charge on any atom is -0.486 e. The zero-order chi connectivity index (χ0) is 15.0. The van der Waals surface area contributed by atoms with Gasteiger partial charge in [-0.2, -0.15) is 0 Å². The second-order valence-corrected chi connectivity index (χ2v) is 5.13. The molecule has 2 heterocycles. The molecule has 1 aromatic carbocycles. The second-order valence-electron chi connectivity index (χ2n) is 5.13. The second kappa shape index (κ2) is 5.12. The van der Waals surface area contributed by atoms with Gasteiger partial charge >= 0.3 is 0 Å². The van der Waals surface area contributed by atoms with E-state index in [1.165, 1.54) is 6.07 Å². The number of nitrogens with one attached hydrogen (secondary N) is 1. The number of ether oxygens (including phenoxy) is 1. The predicted octanol–water partition coefficient (Wildman–Crippen LogP) is 1.81. The number of azide groups is 1. The average Bonchev–Trinajstić information content (AvgIpc) is 2.89. The monoisotopic (exact) mass is 286 g/mol. The fraction of sp³-hybridized carbons (Fsp3) is 0.357. The lowest BCUT2D eigenvalue weighted by Gasteiger charge is -2.16. The van der Waals surface area contributed by atoms with E-state index >= 15 is 0 Å². The van der Waals surface area contributed by atoms with Crippen LogP contribution in [-0.4, -0.2) is 28.8 Å². The molecule has 7 nitrogen and oxygen atoms in total. The third kappa shape index (κ3) is 2.33. The Kier molecular flexibility index (Phi) is 3.29. The van der Waals surface area contributed by atoms with Crippen LogP contribution in [-0.2, 0) is 6.42 Å². The summed E-state index contributed by atoms with van der Waals surface area (Å²) >= 11 is 0. The average molecular weight is 286 g/mol. The van der Waals surface area contributed by atoms with E-state index < -0.39 is 12.2 Å². The van der Waals surface area contributed by atoms with E-state index in [2.05, 4.69) is 15.0 Å². The zero-order valence-electron chi connectivity index (χ0n) is 11.4. The fourth-order valence-electron chi connectivity index (χ4n) is 2.70. The first-order valence-corrected chi connectivity index (χ1v) is 6.61. The maximum Gasteiger partial charge on any atom is 0.248 e. The van der Waals surface area contributed by atoms with Crippen molar-refractivity contribution < 1.29 is 9.84 Å². The van der Waals surface area contributed by atoms with Gasteiger partial charge in [0.25, 0.3) is 0 Å². The first-order valence-electron chi connectivity index (χ1n) is 6.61. The van der Waals surface area contributed by atoms with Crippen molar-refractivity contribution >= 4 is 10.9 Å². The lowest BCUT2D eigenvalue weighted by molar-refractivity contribution is 0.0569. The number of aryl methyl sites for hydroxylation is 1. The number of hydrogen-bond donors (Lipinski definition) is 2. The Morgan fingerprint density at radius 3 is 3.19 bits per heavy atom. The molecule has 1 aliphatic heterocycles. The molecule has 3 rings (SSSR count).